The highest BCUT2D eigenvalue weighted by molar-refractivity contribution is 6.35. The first-order valence-corrected chi connectivity index (χ1v) is 7.48. The van der Waals surface area contributed by atoms with Crippen LogP contribution < -0.4 is 0 Å². The van der Waals surface area contributed by atoms with Crippen LogP contribution in [0, 0.1) is 0 Å². The van der Waals surface area contributed by atoms with E-state index in [1.54, 1.807) is 0 Å². The molecule has 0 unspecified atom stereocenters. The molecule has 0 radical (unpaired) electrons. The summed E-state index contributed by atoms with van der Waals surface area (Å²) in [5.74, 6) is 0. The predicted octanol–water partition coefficient (Wildman–Crippen LogP) is 5.55. The molecule has 2 nitrogen and oxygen atoms in total. The van der Waals surface area contributed by atoms with Crippen LogP contribution in [-0.4, -0.2) is 9.97 Å². The SMILES string of the molecule is Clc1cccc2c(Cc3c[nH]c4c(Cl)cccc34)c[nH]c12. The monoisotopic (exact) mass is 314 g/mol. The van der Waals surface area contributed by atoms with E-state index < -0.39 is 0 Å². The molecule has 104 valence electrons. The van der Waals surface area contributed by atoms with Crippen LogP contribution >= 0.6 is 23.2 Å². The average molecular weight is 315 g/mol. The zero-order valence-electron chi connectivity index (χ0n) is 11.1. The molecule has 0 saturated carbocycles. The van der Waals surface area contributed by atoms with Crippen molar-refractivity contribution in [3.05, 3.63) is 70.0 Å². The number of aromatic nitrogens is 2. The minimum atomic E-state index is 0.751. The molecule has 0 fully saturated rings. The summed E-state index contributed by atoms with van der Waals surface area (Å²) in [5.41, 5.74) is 4.45. The Balaban J connectivity index is 1.83. The molecule has 0 aliphatic rings. The molecule has 0 aliphatic carbocycles. The largest absolute Gasteiger partial charge is 0.360 e. The van der Waals surface area contributed by atoms with E-state index in [0.717, 1.165) is 27.5 Å². The number of hydrogen-bond acceptors (Lipinski definition) is 0. The number of H-pyrrole nitrogens is 2. The number of aromatic amines is 2. The van der Waals surface area contributed by atoms with Gasteiger partial charge < -0.3 is 9.97 Å². The van der Waals surface area contributed by atoms with E-state index in [9.17, 15) is 0 Å². The zero-order chi connectivity index (χ0) is 14.4. The van der Waals surface area contributed by atoms with Crippen LogP contribution in [0.1, 0.15) is 11.1 Å². The Morgan fingerprint density at radius 3 is 1.67 bits per heavy atom. The summed E-state index contributed by atoms with van der Waals surface area (Å²) in [7, 11) is 0. The van der Waals surface area contributed by atoms with Crippen LogP contribution in [0.3, 0.4) is 0 Å². The van der Waals surface area contributed by atoms with Crippen molar-refractivity contribution in [2.75, 3.05) is 0 Å². The van der Waals surface area contributed by atoms with Gasteiger partial charge in [0.15, 0.2) is 0 Å². The minimum Gasteiger partial charge on any atom is -0.360 e. The second kappa shape index (κ2) is 4.83. The van der Waals surface area contributed by atoms with E-state index in [0.29, 0.717) is 0 Å². The van der Waals surface area contributed by atoms with E-state index in [4.69, 9.17) is 23.2 Å². The van der Waals surface area contributed by atoms with Crippen molar-refractivity contribution in [2.24, 2.45) is 0 Å². The third kappa shape index (κ3) is 2.03. The molecule has 2 heterocycles. The molecule has 0 atom stereocenters. The number of halogens is 2. The lowest BCUT2D eigenvalue weighted by Gasteiger charge is -2.00. The summed E-state index contributed by atoms with van der Waals surface area (Å²) in [5, 5.41) is 3.83. The molecule has 0 aliphatic heterocycles. The Bertz CT molecular complexity index is 872. The molecule has 2 N–H and O–H groups in total. The molecule has 2 aromatic heterocycles. The Morgan fingerprint density at radius 1 is 0.714 bits per heavy atom. The predicted molar refractivity (Wildman–Crippen MR) is 89.4 cm³/mol. The summed E-state index contributed by atoms with van der Waals surface area (Å²) >= 11 is 12.4. The van der Waals surface area contributed by atoms with E-state index in [1.165, 1.54) is 21.9 Å². The molecule has 0 amide bonds. The highest BCUT2D eigenvalue weighted by atomic mass is 35.5. The number of para-hydroxylation sites is 2. The standard InChI is InChI=1S/C17H12Cl2N2/c18-14-5-1-3-12-10(8-20-16(12)14)7-11-9-21-17-13(11)4-2-6-15(17)19/h1-6,8-9,20-21H,7H2. The van der Waals surface area contributed by atoms with E-state index >= 15 is 0 Å². The van der Waals surface area contributed by atoms with Gasteiger partial charge in [-0.2, -0.15) is 0 Å². The normalized spacial score (nSPS) is 11.5. The van der Waals surface area contributed by atoms with Crippen LogP contribution in [0.5, 0.6) is 0 Å². The maximum Gasteiger partial charge on any atom is 0.0647 e. The summed E-state index contributed by atoms with van der Waals surface area (Å²) in [6.45, 7) is 0. The second-order valence-corrected chi connectivity index (χ2v) is 5.94. The lowest BCUT2D eigenvalue weighted by molar-refractivity contribution is 1.22. The highest BCUT2D eigenvalue weighted by Crippen LogP contribution is 2.30. The Labute approximate surface area is 131 Å². The Morgan fingerprint density at radius 2 is 1.19 bits per heavy atom. The Kier molecular flexibility index (Phi) is 2.95. The number of benzene rings is 2. The number of fused-ring (bicyclic) bond motifs is 2. The summed E-state index contributed by atoms with van der Waals surface area (Å²) < 4.78 is 0. The van der Waals surface area contributed by atoms with Gasteiger partial charge in [0, 0.05) is 29.6 Å². The van der Waals surface area contributed by atoms with Crippen LogP contribution in [0.4, 0.5) is 0 Å². The molecule has 21 heavy (non-hydrogen) atoms. The molecule has 2 aromatic carbocycles. The van der Waals surface area contributed by atoms with E-state index in [1.807, 2.05) is 36.7 Å². The van der Waals surface area contributed by atoms with Gasteiger partial charge in [0.2, 0.25) is 0 Å². The third-order valence-corrected chi connectivity index (χ3v) is 4.51. The van der Waals surface area contributed by atoms with Gasteiger partial charge in [0.1, 0.15) is 0 Å². The van der Waals surface area contributed by atoms with Crippen LogP contribution in [-0.2, 0) is 6.42 Å². The first kappa shape index (κ1) is 12.8. The second-order valence-electron chi connectivity index (χ2n) is 5.13. The summed E-state index contributed by atoms with van der Waals surface area (Å²) in [6, 6.07) is 11.9. The van der Waals surface area contributed by atoms with Crippen LogP contribution in [0.2, 0.25) is 10.0 Å². The molecule has 0 bridgehead atoms. The van der Waals surface area contributed by atoms with Crippen LogP contribution in [0.25, 0.3) is 21.8 Å². The van der Waals surface area contributed by atoms with E-state index in [2.05, 4.69) is 22.1 Å². The summed E-state index contributed by atoms with van der Waals surface area (Å²) in [6.07, 6.45) is 4.89. The lowest BCUT2D eigenvalue weighted by atomic mass is 10.0. The van der Waals surface area contributed by atoms with Crippen molar-refractivity contribution < 1.29 is 0 Å². The maximum absolute atomic E-state index is 6.21. The van der Waals surface area contributed by atoms with Crippen molar-refractivity contribution in [3.63, 3.8) is 0 Å². The van der Waals surface area contributed by atoms with Crippen molar-refractivity contribution in [1.29, 1.82) is 0 Å². The minimum absolute atomic E-state index is 0.751. The van der Waals surface area contributed by atoms with Crippen molar-refractivity contribution in [1.82, 2.24) is 9.97 Å². The number of rotatable bonds is 2. The molecule has 4 aromatic rings. The molecule has 4 heteroatoms. The number of nitrogens with one attached hydrogen (secondary N) is 2. The first-order valence-electron chi connectivity index (χ1n) is 6.73. The van der Waals surface area contributed by atoms with Crippen molar-refractivity contribution in [3.8, 4) is 0 Å². The molecule has 0 saturated heterocycles. The van der Waals surface area contributed by atoms with Crippen molar-refractivity contribution in [2.45, 2.75) is 6.42 Å². The molecular weight excluding hydrogens is 303 g/mol. The highest BCUT2D eigenvalue weighted by Gasteiger charge is 2.11. The maximum atomic E-state index is 6.21. The molecule has 0 spiro atoms. The fourth-order valence-corrected chi connectivity index (χ4v) is 3.31. The van der Waals surface area contributed by atoms with Gasteiger partial charge in [-0.25, -0.2) is 0 Å². The zero-order valence-corrected chi connectivity index (χ0v) is 12.6. The third-order valence-electron chi connectivity index (χ3n) is 3.88. The fraction of sp³-hybridized carbons (Fsp3) is 0.0588. The van der Waals surface area contributed by atoms with Gasteiger partial charge in [-0.15, -0.1) is 0 Å². The molecule has 4 rings (SSSR count). The summed E-state index contributed by atoms with van der Waals surface area (Å²) in [4.78, 5) is 6.52. The fourth-order valence-electron chi connectivity index (χ4n) is 2.85. The lowest BCUT2D eigenvalue weighted by Crippen LogP contribution is -1.84. The van der Waals surface area contributed by atoms with Gasteiger partial charge in [0.05, 0.1) is 21.1 Å². The van der Waals surface area contributed by atoms with Crippen LogP contribution in [0.15, 0.2) is 48.8 Å². The van der Waals surface area contributed by atoms with Crippen molar-refractivity contribution >= 4 is 45.0 Å². The van der Waals surface area contributed by atoms with Gasteiger partial charge >= 0.3 is 0 Å². The molecular formula is C17H12Cl2N2. The smallest absolute Gasteiger partial charge is 0.0647 e. The Hall–Kier alpha value is -1.90. The average Bonchev–Trinajstić information content (AvgIpc) is 3.07. The quantitative estimate of drug-likeness (QED) is 0.486. The first-order chi connectivity index (χ1) is 10.2. The number of hydrogen-bond donors (Lipinski definition) is 2. The van der Waals surface area contributed by atoms with Gasteiger partial charge in [-0.05, 0) is 23.3 Å². The van der Waals surface area contributed by atoms with Gasteiger partial charge in [0.25, 0.3) is 0 Å². The van der Waals surface area contributed by atoms with E-state index in [-0.39, 0.29) is 0 Å². The van der Waals surface area contributed by atoms with Gasteiger partial charge in [-0.3, -0.25) is 0 Å². The van der Waals surface area contributed by atoms with Gasteiger partial charge in [-0.1, -0.05) is 47.5 Å². The topological polar surface area (TPSA) is 31.6 Å².